The van der Waals surface area contributed by atoms with Crippen LogP contribution in [0.2, 0.25) is 0 Å². The topological polar surface area (TPSA) is 51.3 Å². The van der Waals surface area contributed by atoms with E-state index in [0.717, 1.165) is 22.0 Å². The van der Waals surface area contributed by atoms with Crippen molar-refractivity contribution < 1.29 is 4.42 Å². The molecule has 24 heavy (non-hydrogen) atoms. The van der Waals surface area contributed by atoms with E-state index in [1.807, 2.05) is 24.3 Å². The molecule has 0 saturated carbocycles. The van der Waals surface area contributed by atoms with Crippen molar-refractivity contribution >= 4 is 27.9 Å². The average Bonchev–Trinajstić information content (AvgIpc) is 2.86. The lowest BCUT2D eigenvalue weighted by molar-refractivity contribution is 0.588. The van der Waals surface area contributed by atoms with Gasteiger partial charge in [0.15, 0.2) is 5.58 Å². The van der Waals surface area contributed by atoms with Gasteiger partial charge in [0.1, 0.15) is 6.04 Å². The van der Waals surface area contributed by atoms with Crippen LogP contribution in [0.3, 0.4) is 0 Å². The van der Waals surface area contributed by atoms with Crippen molar-refractivity contribution in [3.8, 4) is 0 Å². The summed E-state index contributed by atoms with van der Waals surface area (Å²) in [6.07, 6.45) is 15.8. The van der Waals surface area contributed by atoms with Gasteiger partial charge in [0.2, 0.25) is 5.71 Å². The molecule has 1 aliphatic carbocycles. The number of fused-ring (bicyclic) bond motifs is 4. The van der Waals surface area contributed by atoms with Crippen LogP contribution < -0.4 is 0 Å². The molecule has 0 spiro atoms. The molecular formula is C20H13N3O. The predicted molar refractivity (Wildman–Crippen MR) is 93.9 cm³/mol. The third-order valence-electron chi connectivity index (χ3n) is 4.47. The molecule has 2 aliphatic rings. The highest BCUT2D eigenvalue weighted by atomic mass is 16.3. The molecule has 0 bridgehead atoms. The zero-order valence-corrected chi connectivity index (χ0v) is 12.8. The van der Waals surface area contributed by atoms with Crippen LogP contribution in [-0.2, 0) is 0 Å². The van der Waals surface area contributed by atoms with Gasteiger partial charge in [-0.1, -0.05) is 24.3 Å². The van der Waals surface area contributed by atoms with E-state index >= 15 is 0 Å². The first kappa shape index (κ1) is 13.2. The van der Waals surface area contributed by atoms with E-state index in [2.05, 4.69) is 51.2 Å². The van der Waals surface area contributed by atoms with E-state index in [9.17, 15) is 0 Å². The van der Waals surface area contributed by atoms with Gasteiger partial charge in [-0.05, 0) is 41.8 Å². The third kappa shape index (κ3) is 1.98. The minimum absolute atomic E-state index is 0.0952. The maximum Gasteiger partial charge on any atom is 0.227 e. The summed E-state index contributed by atoms with van der Waals surface area (Å²) in [6.45, 7) is 0. The number of rotatable bonds is 1. The van der Waals surface area contributed by atoms with E-state index in [-0.39, 0.29) is 12.0 Å². The van der Waals surface area contributed by atoms with E-state index in [1.165, 1.54) is 5.57 Å². The molecule has 3 aromatic heterocycles. The van der Waals surface area contributed by atoms with Gasteiger partial charge in [-0.3, -0.25) is 4.98 Å². The van der Waals surface area contributed by atoms with Crippen molar-refractivity contribution in [3.63, 3.8) is 0 Å². The fraction of sp³-hybridized carbons (Fsp3) is 0.100. The normalized spacial score (nSPS) is 21.9. The minimum Gasteiger partial charge on any atom is -0.436 e. The zero-order valence-electron chi connectivity index (χ0n) is 12.8. The molecule has 2 unspecified atom stereocenters. The summed E-state index contributed by atoms with van der Waals surface area (Å²) in [5, 5.41) is 2.02. The fourth-order valence-electron chi connectivity index (χ4n) is 3.31. The highest BCUT2D eigenvalue weighted by molar-refractivity contribution is 6.03. The van der Waals surface area contributed by atoms with Gasteiger partial charge in [0.25, 0.3) is 0 Å². The highest BCUT2D eigenvalue weighted by Gasteiger charge is 2.26. The number of aromatic nitrogens is 2. The molecule has 0 aromatic carbocycles. The van der Waals surface area contributed by atoms with E-state index in [4.69, 9.17) is 4.42 Å². The SMILES string of the molecule is C1=CC=C2C=CC=CC2C(c2cc3c(cn2)oc2ncccc23)N=1. The molecule has 2 atom stereocenters. The third-order valence-corrected chi connectivity index (χ3v) is 4.47. The second-order valence-corrected chi connectivity index (χ2v) is 5.87. The second kappa shape index (κ2) is 5.15. The lowest BCUT2D eigenvalue weighted by atomic mass is 9.86. The number of aliphatic imine (C=N–C) groups is 1. The number of nitrogens with zero attached hydrogens (tertiary/aromatic N) is 3. The number of pyridine rings is 2. The molecule has 0 radical (unpaired) electrons. The Morgan fingerprint density at radius 2 is 2.12 bits per heavy atom. The second-order valence-electron chi connectivity index (χ2n) is 5.87. The molecule has 0 N–H and O–H groups in total. The predicted octanol–water partition coefficient (Wildman–Crippen LogP) is 4.33. The van der Waals surface area contributed by atoms with Crippen molar-refractivity contribution in [2.45, 2.75) is 6.04 Å². The van der Waals surface area contributed by atoms with Crippen LogP contribution >= 0.6 is 0 Å². The van der Waals surface area contributed by atoms with Crippen molar-refractivity contribution in [2.75, 3.05) is 0 Å². The van der Waals surface area contributed by atoms with Gasteiger partial charge in [-0.2, -0.15) is 0 Å². The Kier molecular flexibility index (Phi) is 2.84. The Balaban J connectivity index is 1.69. The average molecular weight is 311 g/mol. The molecule has 0 fully saturated rings. The molecule has 4 heteroatoms. The summed E-state index contributed by atoms with van der Waals surface area (Å²) in [4.78, 5) is 13.5. The first-order chi connectivity index (χ1) is 11.9. The Hall–Kier alpha value is -3.23. The summed E-state index contributed by atoms with van der Waals surface area (Å²) in [7, 11) is 0. The van der Waals surface area contributed by atoms with Gasteiger partial charge in [-0.15, -0.1) is 0 Å². The summed E-state index contributed by atoms with van der Waals surface area (Å²) < 4.78 is 5.76. The van der Waals surface area contributed by atoms with Crippen LogP contribution in [0.5, 0.6) is 0 Å². The molecule has 0 amide bonds. The first-order valence-electron chi connectivity index (χ1n) is 7.87. The number of furan rings is 1. The van der Waals surface area contributed by atoms with Gasteiger partial charge in [-0.25, -0.2) is 9.98 Å². The van der Waals surface area contributed by atoms with Crippen LogP contribution in [0.25, 0.3) is 22.1 Å². The Morgan fingerprint density at radius 1 is 1.12 bits per heavy atom. The van der Waals surface area contributed by atoms with Crippen molar-refractivity contribution in [2.24, 2.45) is 10.9 Å². The van der Waals surface area contributed by atoms with Crippen molar-refractivity contribution in [1.29, 1.82) is 0 Å². The number of allylic oxidation sites excluding steroid dienone is 5. The number of hydrogen-bond acceptors (Lipinski definition) is 4. The van der Waals surface area contributed by atoms with Crippen molar-refractivity contribution in [1.82, 2.24) is 9.97 Å². The molecule has 4 heterocycles. The molecule has 0 saturated heterocycles. The molecule has 114 valence electrons. The molecular weight excluding hydrogens is 298 g/mol. The quantitative estimate of drug-likeness (QED) is 0.672. The van der Waals surface area contributed by atoms with E-state index < -0.39 is 0 Å². The lowest BCUT2D eigenvalue weighted by Crippen LogP contribution is -2.13. The van der Waals surface area contributed by atoms with Crippen LogP contribution in [-0.4, -0.2) is 15.8 Å². The standard InChI is InChI=1S/C20H13N3O/c1-2-7-14-13(5-1)6-3-9-21-19(14)17-11-16-15-8-4-10-22-20(15)24-18(16)12-23-17/h1-8,10-12,14,19H. The van der Waals surface area contributed by atoms with Crippen LogP contribution in [0.1, 0.15) is 11.7 Å². The van der Waals surface area contributed by atoms with Crippen LogP contribution in [0.15, 0.2) is 82.0 Å². The molecule has 3 aromatic rings. The smallest absolute Gasteiger partial charge is 0.227 e. The van der Waals surface area contributed by atoms with Crippen molar-refractivity contribution in [3.05, 3.63) is 78.3 Å². The maximum absolute atomic E-state index is 5.76. The van der Waals surface area contributed by atoms with Gasteiger partial charge >= 0.3 is 0 Å². The summed E-state index contributed by atoms with van der Waals surface area (Å²) in [5.74, 6) is 3.18. The highest BCUT2D eigenvalue weighted by Crippen LogP contribution is 2.37. The Morgan fingerprint density at radius 3 is 3.12 bits per heavy atom. The Bertz CT molecular complexity index is 1110. The zero-order chi connectivity index (χ0) is 15.9. The molecule has 4 nitrogen and oxygen atoms in total. The van der Waals surface area contributed by atoms with Crippen LogP contribution in [0.4, 0.5) is 0 Å². The summed E-state index contributed by atoms with van der Waals surface area (Å²) in [5.41, 5.74) is 3.51. The summed E-state index contributed by atoms with van der Waals surface area (Å²) in [6, 6.07) is 5.90. The van der Waals surface area contributed by atoms with Gasteiger partial charge in [0.05, 0.1) is 11.9 Å². The summed E-state index contributed by atoms with van der Waals surface area (Å²) >= 11 is 0. The van der Waals surface area contributed by atoms with E-state index in [1.54, 1.807) is 12.4 Å². The van der Waals surface area contributed by atoms with E-state index in [0.29, 0.717) is 5.71 Å². The first-order valence-corrected chi connectivity index (χ1v) is 7.87. The monoisotopic (exact) mass is 311 g/mol. The van der Waals surface area contributed by atoms with Gasteiger partial charge < -0.3 is 4.42 Å². The minimum atomic E-state index is -0.0952. The van der Waals surface area contributed by atoms with Crippen LogP contribution in [0, 0.1) is 5.92 Å². The largest absolute Gasteiger partial charge is 0.436 e. The lowest BCUT2D eigenvalue weighted by Gasteiger charge is -2.22. The maximum atomic E-state index is 5.76. The molecule has 1 aliphatic heterocycles. The Labute approximate surface area is 138 Å². The molecule has 5 rings (SSSR count). The van der Waals surface area contributed by atoms with Gasteiger partial charge in [0, 0.05) is 22.9 Å². The fourth-order valence-corrected chi connectivity index (χ4v) is 3.31. The number of hydrogen-bond donors (Lipinski definition) is 0.